The van der Waals surface area contributed by atoms with Crippen LogP contribution in [0.1, 0.15) is 16.8 Å². The van der Waals surface area contributed by atoms with Gasteiger partial charge in [-0.05, 0) is 44.0 Å². The minimum absolute atomic E-state index is 1.08. The lowest BCUT2D eigenvalue weighted by Gasteiger charge is -2.12. The zero-order chi connectivity index (χ0) is 11.5. The highest BCUT2D eigenvalue weighted by Gasteiger charge is 2.04. The third-order valence-electron chi connectivity index (χ3n) is 2.95. The number of hydrogen-bond donors (Lipinski definition) is 1. The molecule has 0 saturated heterocycles. The lowest BCUT2D eigenvalue weighted by Crippen LogP contribution is -1.98. The summed E-state index contributed by atoms with van der Waals surface area (Å²) in [6.07, 6.45) is 1.89. The summed E-state index contributed by atoms with van der Waals surface area (Å²) in [6.45, 7) is 6.26. The average Bonchev–Trinajstić information content (AvgIpc) is 2.31. The molecule has 1 aromatic heterocycles. The number of para-hydroxylation sites is 1. The van der Waals surface area contributed by atoms with E-state index in [1.54, 1.807) is 0 Å². The normalized spacial score (nSPS) is 10.2. The summed E-state index contributed by atoms with van der Waals surface area (Å²) < 4.78 is 0. The molecule has 0 amide bonds. The maximum atomic E-state index is 4.37. The molecule has 2 rings (SSSR count). The number of aryl methyl sites for hydroxylation is 1. The summed E-state index contributed by atoms with van der Waals surface area (Å²) in [5.74, 6) is 0. The highest BCUT2D eigenvalue weighted by atomic mass is 14.9. The Kier molecular flexibility index (Phi) is 2.91. The van der Waals surface area contributed by atoms with Crippen molar-refractivity contribution in [1.82, 2.24) is 4.98 Å². The quantitative estimate of drug-likeness (QED) is 0.820. The van der Waals surface area contributed by atoms with E-state index in [0.717, 1.165) is 17.1 Å². The van der Waals surface area contributed by atoms with Crippen molar-refractivity contribution < 1.29 is 0 Å². The lowest BCUT2D eigenvalue weighted by molar-refractivity contribution is 1.12. The summed E-state index contributed by atoms with van der Waals surface area (Å²) in [5.41, 5.74) is 5.78. The van der Waals surface area contributed by atoms with Crippen molar-refractivity contribution in [2.75, 3.05) is 5.32 Å². The molecular formula is C14H16N2. The zero-order valence-electron chi connectivity index (χ0n) is 9.91. The van der Waals surface area contributed by atoms with Gasteiger partial charge in [-0.1, -0.05) is 18.2 Å². The summed E-state index contributed by atoms with van der Waals surface area (Å²) in [5, 5.41) is 3.38. The Hall–Kier alpha value is -1.83. The van der Waals surface area contributed by atoms with Crippen LogP contribution in [0.4, 0.5) is 11.4 Å². The number of benzene rings is 1. The number of rotatable bonds is 2. The number of anilines is 2. The van der Waals surface area contributed by atoms with Crippen molar-refractivity contribution in [1.29, 1.82) is 0 Å². The van der Waals surface area contributed by atoms with Crippen LogP contribution in [0, 0.1) is 20.8 Å². The maximum absolute atomic E-state index is 4.37. The first-order valence-electron chi connectivity index (χ1n) is 5.43. The van der Waals surface area contributed by atoms with Gasteiger partial charge in [0.2, 0.25) is 0 Å². The van der Waals surface area contributed by atoms with E-state index in [1.807, 2.05) is 31.3 Å². The number of nitrogens with zero attached hydrogens (tertiary/aromatic N) is 1. The van der Waals surface area contributed by atoms with Crippen LogP contribution in [-0.2, 0) is 0 Å². The summed E-state index contributed by atoms with van der Waals surface area (Å²) >= 11 is 0. The molecule has 2 aromatic rings. The predicted molar refractivity (Wildman–Crippen MR) is 68.2 cm³/mol. The van der Waals surface area contributed by atoms with Gasteiger partial charge in [0.25, 0.3) is 0 Å². The van der Waals surface area contributed by atoms with Gasteiger partial charge in [-0.2, -0.15) is 0 Å². The first kappa shape index (κ1) is 10.7. The molecule has 0 radical (unpaired) electrons. The van der Waals surface area contributed by atoms with Crippen molar-refractivity contribution >= 4 is 11.4 Å². The van der Waals surface area contributed by atoms with E-state index in [2.05, 4.69) is 36.3 Å². The van der Waals surface area contributed by atoms with Crippen LogP contribution in [0.2, 0.25) is 0 Å². The number of nitrogens with one attached hydrogen (secondary N) is 1. The Balaban J connectivity index is 2.33. The van der Waals surface area contributed by atoms with Gasteiger partial charge < -0.3 is 5.32 Å². The minimum atomic E-state index is 1.08. The molecule has 0 saturated carbocycles. The van der Waals surface area contributed by atoms with Gasteiger partial charge in [0.1, 0.15) is 0 Å². The molecule has 2 nitrogen and oxygen atoms in total. The van der Waals surface area contributed by atoms with E-state index in [-0.39, 0.29) is 0 Å². The van der Waals surface area contributed by atoms with Gasteiger partial charge in [-0.15, -0.1) is 0 Å². The van der Waals surface area contributed by atoms with Gasteiger partial charge in [-0.25, -0.2) is 0 Å². The number of pyridine rings is 1. The van der Waals surface area contributed by atoms with Crippen molar-refractivity contribution in [3.05, 3.63) is 53.3 Å². The second kappa shape index (κ2) is 4.35. The fourth-order valence-electron chi connectivity index (χ4n) is 1.63. The maximum Gasteiger partial charge on any atom is 0.0603 e. The summed E-state index contributed by atoms with van der Waals surface area (Å²) in [7, 11) is 0. The number of hydrogen-bond acceptors (Lipinski definition) is 2. The zero-order valence-corrected chi connectivity index (χ0v) is 9.91. The Morgan fingerprint density at radius 3 is 2.31 bits per heavy atom. The van der Waals surface area contributed by atoms with Gasteiger partial charge in [0, 0.05) is 11.4 Å². The van der Waals surface area contributed by atoms with Crippen LogP contribution in [0.25, 0.3) is 0 Å². The summed E-state index contributed by atoms with van der Waals surface area (Å²) in [6, 6.07) is 10.2. The molecule has 1 aromatic carbocycles. The number of aromatic nitrogens is 1. The molecule has 1 N–H and O–H groups in total. The predicted octanol–water partition coefficient (Wildman–Crippen LogP) is 3.75. The van der Waals surface area contributed by atoms with Crippen LogP contribution in [0.15, 0.2) is 36.5 Å². The largest absolute Gasteiger partial charge is 0.354 e. The van der Waals surface area contributed by atoms with E-state index in [0.29, 0.717) is 0 Å². The lowest BCUT2D eigenvalue weighted by atomic mass is 10.1. The van der Waals surface area contributed by atoms with Crippen LogP contribution in [0.5, 0.6) is 0 Å². The molecule has 0 aliphatic heterocycles. The fraction of sp³-hybridized carbons (Fsp3) is 0.214. The molecule has 82 valence electrons. The molecular weight excluding hydrogens is 196 g/mol. The standard InChI is InChI=1S/C14H16N2/c1-10-11(2)14(9-15-12(10)3)16-13-7-5-4-6-8-13/h4-9,16H,1-3H3. The summed E-state index contributed by atoms with van der Waals surface area (Å²) in [4.78, 5) is 4.37. The highest BCUT2D eigenvalue weighted by Crippen LogP contribution is 2.23. The topological polar surface area (TPSA) is 24.9 Å². The van der Waals surface area contributed by atoms with E-state index in [4.69, 9.17) is 0 Å². The SMILES string of the molecule is Cc1ncc(Nc2ccccc2)c(C)c1C. The highest BCUT2D eigenvalue weighted by molar-refractivity contribution is 5.63. The van der Waals surface area contributed by atoms with Crippen LogP contribution < -0.4 is 5.32 Å². The first-order chi connectivity index (χ1) is 7.68. The van der Waals surface area contributed by atoms with E-state index in [9.17, 15) is 0 Å². The third-order valence-corrected chi connectivity index (χ3v) is 2.95. The second-order valence-corrected chi connectivity index (χ2v) is 4.00. The molecule has 0 bridgehead atoms. The molecule has 2 heteroatoms. The van der Waals surface area contributed by atoms with Crippen LogP contribution >= 0.6 is 0 Å². The van der Waals surface area contributed by atoms with Gasteiger partial charge in [0.05, 0.1) is 11.9 Å². The smallest absolute Gasteiger partial charge is 0.0603 e. The Labute approximate surface area is 96.4 Å². The van der Waals surface area contributed by atoms with Gasteiger partial charge >= 0.3 is 0 Å². The Bertz CT molecular complexity index is 490. The average molecular weight is 212 g/mol. The molecule has 16 heavy (non-hydrogen) atoms. The minimum Gasteiger partial charge on any atom is -0.354 e. The van der Waals surface area contributed by atoms with Crippen molar-refractivity contribution in [3.8, 4) is 0 Å². The molecule has 1 heterocycles. The van der Waals surface area contributed by atoms with E-state index < -0.39 is 0 Å². The fourth-order valence-corrected chi connectivity index (χ4v) is 1.63. The van der Waals surface area contributed by atoms with Crippen molar-refractivity contribution in [3.63, 3.8) is 0 Å². The molecule has 0 aliphatic rings. The molecule has 0 aliphatic carbocycles. The second-order valence-electron chi connectivity index (χ2n) is 4.00. The molecule has 0 fully saturated rings. The van der Waals surface area contributed by atoms with E-state index >= 15 is 0 Å². The van der Waals surface area contributed by atoms with E-state index in [1.165, 1.54) is 11.1 Å². The van der Waals surface area contributed by atoms with Gasteiger partial charge in [-0.3, -0.25) is 4.98 Å². The first-order valence-corrected chi connectivity index (χ1v) is 5.43. The van der Waals surface area contributed by atoms with Gasteiger partial charge in [0.15, 0.2) is 0 Å². The monoisotopic (exact) mass is 212 g/mol. The third kappa shape index (κ3) is 2.06. The molecule has 0 atom stereocenters. The van der Waals surface area contributed by atoms with Crippen molar-refractivity contribution in [2.45, 2.75) is 20.8 Å². The van der Waals surface area contributed by atoms with Crippen LogP contribution in [0.3, 0.4) is 0 Å². The Morgan fingerprint density at radius 1 is 0.938 bits per heavy atom. The van der Waals surface area contributed by atoms with Crippen LogP contribution in [-0.4, -0.2) is 4.98 Å². The molecule has 0 spiro atoms. The molecule has 0 unspecified atom stereocenters. The van der Waals surface area contributed by atoms with Crippen molar-refractivity contribution in [2.24, 2.45) is 0 Å². The Morgan fingerprint density at radius 2 is 1.62 bits per heavy atom.